The number of hydrogen-bond donors (Lipinski definition) is 1. The fourth-order valence-corrected chi connectivity index (χ4v) is 3.72. The zero-order valence-electron chi connectivity index (χ0n) is 12.7. The van der Waals surface area contributed by atoms with Crippen LogP contribution >= 0.6 is 12.4 Å². The van der Waals surface area contributed by atoms with E-state index in [2.05, 4.69) is 41.4 Å². The monoisotopic (exact) mass is 308 g/mol. The predicted molar refractivity (Wildman–Crippen MR) is 88.0 cm³/mol. The van der Waals surface area contributed by atoms with Gasteiger partial charge in [-0.3, -0.25) is 4.79 Å². The van der Waals surface area contributed by atoms with Gasteiger partial charge in [-0.2, -0.15) is 0 Å². The number of amides is 1. The summed E-state index contributed by atoms with van der Waals surface area (Å²) >= 11 is 0. The Hall–Kier alpha value is -1.06. The SMILES string of the molecule is Cc1cccc(C2(C(=O)N3CCNCC3)CCCC2)c1.Cl. The van der Waals surface area contributed by atoms with Crippen molar-refractivity contribution in [3.05, 3.63) is 35.4 Å². The topological polar surface area (TPSA) is 32.3 Å². The Morgan fingerprint density at radius 1 is 1.19 bits per heavy atom. The van der Waals surface area contributed by atoms with Crippen molar-refractivity contribution in [1.82, 2.24) is 10.2 Å². The first-order valence-electron chi connectivity index (χ1n) is 7.80. The molecule has 4 heteroatoms. The van der Waals surface area contributed by atoms with Gasteiger partial charge in [0.2, 0.25) is 5.91 Å². The molecular weight excluding hydrogens is 284 g/mol. The maximum Gasteiger partial charge on any atom is 0.233 e. The summed E-state index contributed by atoms with van der Waals surface area (Å²) in [6.07, 6.45) is 4.37. The number of nitrogens with zero attached hydrogens (tertiary/aromatic N) is 1. The molecule has 0 spiro atoms. The van der Waals surface area contributed by atoms with Crippen molar-refractivity contribution in [2.75, 3.05) is 26.2 Å². The molecule has 0 bridgehead atoms. The number of benzene rings is 1. The summed E-state index contributed by atoms with van der Waals surface area (Å²) in [7, 11) is 0. The van der Waals surface area contributed by atoms with Crippen LogP contribution in [0.5, 0.6) is 0 Å². The highest BCUT2D eigenvalue weighted by molar-refractivity contribution is 5.88. The number of rotatable bonds is 2. The average Bonchev–Trinajstić information content (AvgIpc) is 2.98. The molecule has 0 unspecified atom stereocenters. The second-order valence-corrected chi connectivity index (χ2v) is 6.20. The predicted octanol–water partition coefficient (Wildman–Crippen LogP) is 2.66. The van der Waals surface area contributed by atoms with Crippen LogP contribution in [-0.4, -0.2) is 37.0 Å². The molecule has 2 fully saturated rings. The Balaban J connectivity index is 0.00000161. The number of carbonyl (C=O) groups excluding carboxylic acids is 1. The summed E-state index contributed by atoms with van der Waals surface area (Å²) in [5, 5.41) is 3.33. The third kappa shape index (κ3) is 3.09. The van der Waals surface area contributed by atoms with Crippen molar-refractivity contribution in [3.8, 4) is 0 Å². The van der Waals surface area contributed by atoms with Crippen LogP contribution < -0.4 is 5.32 Å². The first-order valence-corrected chi connectivity index (χ1v) is 7.80. The third-order valence-electron chi connectivity index (χ3n) is 4.84. The minimum absolute atomic E-state index is 0. The molecule has 1 amide bonds. The molecule has 1 aliphatic carbocycles. The third-order valence-corrected chi connectivity index (χ3v) is 4.84. The molecule has 1 saturated heterocycles. The van der Waals surface area contributed by atoms with Crippen LogP contribution in [0.3, 0.4) is 0 Å². The van der Waals surface area contributed by atoms with E-state index in [1.54, 1.807) is 0 Å². The zero-order chi connectivity index (χ0) is 14.0. The molecule has 1 saturated carbocycles. The summed E-state index contributed by atoms with van der Waals surface area (Å²) in [5.41, 5.74) is 2.24. The highest BCUT2D eigenvalue weighted by Gasteiger charge is 2.44. The van der Waals surface area contributed by atoms with Gasteiger partial charge < -0.3 is 10.2 Å². The van der Waals surface area contributed by atoms with E-state index >= 15 is 0 Å². The van der Waals surface area contributed by atoms with Crippen LogP contribution in [0.2, 0.25) is 0 Å². The minimum Gasteiger partial charge on any atom is -0.339 e. The normalized spacial score (nSPS) is 20.9. The van der Waals surface area contributed by atoms with Gasteiger partial charge in [0.05, 0.1) is 5.41 Å². The first-order chi connectivity index (χ1) is 9.72. The summed E-state index contributed by atoms with van der Waals surface area (Å²) in [5.74, 6) is 0.363. The lowest BCUT2D eigenvalue weighted by atomic mass is 9.77. The van der Waals surface area contributed by atoms with Crippen molar-refractivity contribution in [2.45, 2.75) is 38.0 Å². The lowest BCUT2D eigenvalue weighted by molar-refractivity contribution is -0.138. The van der Waals surface area contributed by atoms with Gasteiger partial charge in [0.1, 0.15) is 0 Å². The van der Waals surface area contributed by atoms with Gasteiger partial charge in [-0.15, -0.1) is 12.4 Å². The van der Waals surface area contributed by atoms with Crippen molar-refractivity contribution >= 4 is 18.3 Å². The fraction of sp³-hybridized carbons (Fsp3) is 0.588. The van der Waals surface area contributed by atoms with Gasteiger partial charge in [-0.1, -0.05) is 42.7 Å². The maximum atomic E-state index is 13.1. The number of carbonyl (C=O) groups is 1. The van der Waals surface area contributed by atoms with Crippen molar-refractivity contribution in [1.29, 1.82) is 0 Å². The van der Waals surface area contributed by atoms with Crippen molar-refractivity contribution in [3.63, 3.8) is 0 Å². The summed E-state index contributed by atoms with van der Waals surface area (Å²) < 4.78 is 0. The van der Waals surface area contributed by atoms with Gasteiger partial charge in [-0.05, 0) is 25.3 Å². The van der Waals surface area contributed by atoms with Gasteiger partial charge >= 0.3 is 0 Å². The van der Waals surface area contributed by atoms with Crippen LogP contribution in [0.15, 0.2) is 24.3 Å². The summed E-state index contributed by atoms with van der Waals surface area (Å²) in [4.78, 5) is 15.2. The second kappa shape index (κ2) is 6.80. The Morgan fingerprint density at radius 3 is 2.48 bits per heavy atom. The standard InChI is InChI=1S/C17H24N2O.ClH/c1-14-5-4-6-15(13-14)17(7-2-3-8-17)16(20)19-11-9-18-10-12-19;/h4-6,13,18H,2-3,7-12H2,1H3;1H. The van der Waals surface area contributed by atoms with Gasteiger partial charge in [0.15, 0.2) is 0 Å². The van der Waals surface area contributed by atoms with E-state index in [1.165, 1.54) is 24.0 Å². The van der Waals surface area contributed by atoms with Crippen LogP contribution in [0.4, 0.5) is 0 Å². The van der Waals surface area contributed by atoms with Crippen LogP contribution in [0.25, 0.3) is 0 Å². The number of nitrogens with one attached hydrogen (secondary N) is 1. The van der Waals surface area contributed by atoms with Gasteiger partial charge in [0, 0.05) is 26.2 Å². The van der Waals surface area contributed by atoms with E-state index in [-0.39, 0.29) is 17.8 Å². The quantitative estimate of drug-likeness (QED) is 0.911. The van der Waals surface area contributed by atoms with Crippen LogP contribution in [0, 0.1) is 6.92 Å². The molecule has 116 valence electrons. The Bertz CT molecular complexity index is 491. The molecule has 0 atom stereocenters. The first kappa shape index (κ1) is 16.3. The molecule has 1 aliphatic heterocycles. The second-order valence-electron chi connectivity index (χ2n) is 6.20. The van der Waals surface area contributed by atoms with E-state index in [9.17, 15) is 4.79 Å². The van der Waals surface area contributed by atoms with E-state index in [4.69, 9.17) is 0 Å². The number of piperazine rings is 1. The molecule has 3 nitrogen and oxygen atoms in total. The van der Waals surface area contributed by atoms with E-state index in [0.29, 0.717) is 5.91 Å². The minimum atomic E-state index is -0.247. The van der Waals surface area contributed by atoms with Crippen molar-refractivity contribution in [2.24, 2.45) is 0 Å². The molecule has 1 aromatic rings. The zero-order valence-corrected chi connectivity index (χ0v) is 13.5. The molecule has 21 heavy (non-hydrogen) atoms. The average molecular weight is 309 g/mol. The van der Waals surface area contributed by atoms with Crippen LogP contribution in [-0.2, 0) is 10.2 Å². The Morgan fingerprint density at radius 2 is 1.86 bits per heavy atom. The lowest BCUT2D eigenvalue weighted by Crippen LogP contribution is -2.52. The molecule has 1 aromatic carbocycles. The summed E-state index contributed by atoms with van der Waals surface area (Å²) in [6, 6.07) is 8.57. The number of aryl methyl sites for hydroxylation is 1. The van der Waals surface area contributed by atoms with Crippen LogP contribution in [0.1, 0.15) is 36.8 Å². The van der Waals surface area contributed by atoms with Gasteiger partial charge in [-0.25, -0.2) is 0 Å². The molecular formula is C17H25ClN2O. The number of halogens is 1. The molecule has 1 heterocycles. The van der Waals surface area contributed by atoms with Gasteiger partial charge in [0.25, 0.3) is 0 Å². The lowest BCUT2D eigenvalue weighted by Gasteiger charge is -2.37. The van der Waals surface area contributed by atoms with E-state index < -0.39 is 0 Å². The number of hydrogen-bond acceptors (Lipinski definition) is 2. The molecule has 0 aromatic heterocycles. The highest BCUT2D eigenvalue weighted by Crippen LogP contribution is 2.42. The summed E-state index contributed by atoms with van der Waals surface area (Å²) in [6.45, 7) is 5.67. The molecule has 3 rings (SSSR count). The Kier molecular flexibility index (Phi) is 5.28. The highest BCUT2D eigenvalue weighted by atomic mass is 35.5. The molecule has 2 aliphatic rings. The molecule has 1 N–H and O–H groups in total. The maximum absolute atomic E-state index is 13.1. The van der Waals surface area contributed by atoms with Crippen molar-refractivity contribution < 1.29 is 4.79 Å². The largest absolute Gasteiger partial charge is 0.339 e. The fourth-order valence-electron chi connectivity index (χ4n) is 3.72. The molecule has 0 radical (unpaired) electrons. The smallest absolute Gasteiger partial charge is 0.233 e. The van der Waals surface area contributed by atoms with E-state index in [0.717, 1.165) is 39.0 Å². The Labute approximate surface area is 133 Å². The van der Waals surface area contributed by atoms with E-state index in [1.807, 2.05) is 0 Å².